The lowest BCUT2D eigenvalue weighted by Gasteiger charge is -2.07. The van der Waals surface area contributed by atoms with Crippen LogP contribution < -0.4 is 5.73 Å². The molecule has 94 valence electrons. The molecular weight excluding hydrogens is 263 g/mol. The predicted octanol–water partition coefficient (Wildman–Crippen LogP) is 3.32. The maximum atomic E-state index is 11.6. The van der Waals surface area contributed by atoms with Crippen molar-refractivity contribution in [1.29, 1.82) is 0 Å². The molecule has 0 unspecified atom stereocenters. The third kappa shape index (κ3) is 4.06. The predicted molar refractivity (Wildman–Crippen MR) is 68.5 cm³/mol. The van der Waals surface area contributed by atoms with Crippen molar-refractivity contribution < 1.29 is 9.53 Å². The van der Waals surface area contributed by atoms with Crippen molar-refractivity contribution in [3.8, 4) is 0 Å². The summed E-state index contributed by atoms with van der Waals surface area (Å²) in [5, 5.41) is 0.197. The molecule has 0 aliphatic rings. The second-order valence-corrected chi connectivity index (χ2v) is 4.31. The van der Waals surface area contributed by atoms with Crippen molar-refractivity contribution in [3.05, 3.63) is 21.9 Å². The van der Waals surface area contributed by atoms with E-state index in [1.165, 1.54) is 6.07 Å². The zero-order valence-electron chi connectivity index (χ0n) is 9.50. The summed E-state index contributed by atoms with van der Waals surface area (Å²) < 4.78 is 5.02. The molecule has 6 heteroatoms. The van der Waals surface area contributed by atoms with E-state index < -0.39 is 5.97 Å². The highest BCUT2D eigenvalue weighted by Gasteiger charge is 2.17. The van der Waals surface area contributed by atoms with Crippen molar-refractivity contribution in [1.82, 2.24) is 4.98 Å². The minimum absolute atomic E-state index is 0.0341. The first-order valence-electron chi connectivity index (χ1n) is 5.35. The van der Waals surface area contributed by atoms with E-state index in [2.05, 4.69) is 11.9 Å². The lowest BCUT2D eigenvalue weighted by atomic mass is 10.3. The molecule has 0 aliphatic carbocycles. The number of ether oxygens (including phenoxy) is 1. The van der Waals surface area contributed by atoms with E-state index in [1.54, 1.807) is 0 Å². The molecule has 2 N–H and O–H groups in total. The topological polar surface area (TPSA) is 65.2 Å². The highest BCUT2D eigenvalue weighted by Crippen LogP contribution is 2.25. The molecule has 0 spiro atoms. The smallest absolute Gasteiger partial charge is 0.358 e. The summed E-state index contributed by atoms with van der Waals surface area (Å²) >= 11 is 11.5. The average Bonchev–Trinajstić information content (AvgIpc) is 2.29. The van der Waals surface area contributed by atoms with Crippen LogP contribution in [0.5, 0.6) is 0 Å². The average molecular weight is 277 g/mol. The summed E-state index contributed by atoms with van der Waals surface area (Å²) in [7, 11) is 0. The van der Waals surface area contributed by atoms with Crippen LogP contribution in [0.3, 0.4) is 0 Å². The number of aromatic nitrogens is 1. The van der Waals surface area contributed by atoms with Crippen LogP contribution >= 0.6 is 23.2 Å². The highest BCUT2D eigenvalue weighted by atomic mass is 35.5. The number of halogens is 2. The van der Waals surface area contributed by atoms with Gasteiger partial charge >= 0.3 is 5.97 Å². The minimum atomic E-state index is -0.597. The number of anilines is 1. The number of hydrogen-bond donors (Lipinski definition) is 1. The molecule has 1 heterocycles. The Balaban J connectivity index is 2.69. The lowest BCUT2D eigenvalue weighted by molar-refractivity contribution is 0.0491. The Morgan fingerprint density at radius 1 is 1.47 bits per heavy atom. The van der Waals surface area contributed by atoms with Crippen molar-refractivity contribution in [2.24, 2.45) is 0 Å². The van der Waals surface area contributed by atoms with Gasteiger partial charge in [-0.2, -0.15) is 0 Å². The Kier molecular flexibility index (Phi) is 5.51. The van der Waals surface area contributed by atoms with Crippen molar-refractivity contribution in [3.63, 3.8) is 0 Å². The van der Waals surface area contributed by atoms with Gasteiger partial charge in [0.2, 0.25) is 0 Å². The molecule has 0 atom stereocenters. The molecule has 0 bridgehead atoms. The van der Waals surface area contributed by atoms with E-state index in [0.29, 0.717) is 6.61 Å². The molecule has 4 nitrogen and oxygen atoms in total. The Labute approximate surface area is 110 Å². The molecule has 1 aromatic heterocycles. The van der Waals surface area contributed by atoms with Crippen LogP contribution in [0.2, 0.25) is 10.2 Å². The van der Waals surface area contributed by atoms with Crippen molar-refractivity contribution in [2.75, 3.05) is 12.3 Å². The number of pyridine rings is 1. The Morgan fingerprint density at radius 3 is 2.82 bits per heavy atom. The van der Waals surface area contributed by atoms with E-state index in [0.717, 1.165) is 19.3 Å². The first-order valence-corrected chi connectivity index (χ1v) is 6.10. The summed E-state index contributed by atoms with van der Waals surface area (Å²) in [4.78, 5) is 15.5. The van der Waals surface area contributed by atoms with Crippen LogP contribution in [0.25, 0.3) is 0 Å². The fraction of sp³-hybridized carbons (Fsp3) is 0.455. The zero-order chi connectivity index (χ0) is 12.8. The van der Waals surface area contributed by atoms with E-state index in [4.69, 9.17) is 33.7 Å². The van der Waals surface area contributed by atoms with Gasteiger partial charge in [-0.15, -0.1) is 0 Å². The van der Waals surface area contributed by atoms with Gasteiger partial charge in [0.25, 0.3) is 0 Å². The summed E-state index contributed by atoms with van der Waals surface area (Å²) in [5.74, 6) is -0.597. The second-order valence-electron chi connectivity index (χ2n) is 3.54. The van der Waals surface area contributed by atoms with Crippen molar-refractivity contribution >= 4 is 34.9 Å². The van der Waals surface area contributed by atoms with Crippen LogP contribution in [-0.2, 0) is 4.74 Å². The molecule has 17 heavy (non-hydrogen) atoms. The van der Waals surface area contributed by atoms with Gasteiger partial charge < -0.3 is 10.5 Å². The highest BCUT2D eigenvalue weighted by molar-refractivity contribution is 6.37. The monoisotopic (exact) mass is 276 g/mol. The number of rotatable bonds is 5. The third-order valence-electron chi connectivity index (χ3n) is 2.13. The second kappa shape index (κ2) is 6.67. The Hall–Kier alpha value is -1.00. The number of nitrogens with zero attached hydrogens (tertiary/aromatic N) is 1. The summed E-state index contributed by atoms with van der Waals surface area (Å²) in [6, 6.07) is 1.39. The fourth-order valence-corrected chi connectivity index (χ4v) is 1.61. The number of nitrogens with two attached hydrogens (primary N) is 1. The van der Waals surface area contributed by atoms with Crippen LogP contribution in [0.4, 0.5) is 5.69 Å². The molecule has 1 aromatic rings. The van der Waals surface area contributed by atoms with Gasteiger partial charge in [-0.05, 0) is 12.5 Å². The van der Waals surface area contributed by atoms with Crippen LogP contribution in [-0.4, -0.2) is 17.6 Å². The Morgan fingerprint density at radius 2 is 2.18 bits per heavy atom. The lowest BCUT2D eigenvalue weighted by Crippen LogP contribution is -2.10. The van der Waals surface area contributed by atoms with Crippen molar-refractivity contribution in [2.45, 2.75) is 26.2 Å². The molecule has 0 aromatic carbocycles. The van der Waals surface area contributed by atoms with Gasteiger partial charge in [-0.25, -0.2) is 9.78 Å². The molecular formula is C11H14Cl2N2O2. The molecule has 0 saturated heterocycles. The first kappa shape index (κ1) is 14.1. The number of unbranched alkanes of at least 4 members (excludes halogenated alkanes) is 2. The quantitative estimate of drug-likeness (QED) is 0.509. The van der Waals surface area contributed by atoms with Gasteiger partial charge in [0.1, 0.15) is 5.15 Å². The van der Waals surface area contributed by atoms with Crippen LogP contribution in [0.1, 0.15) is 36.7 Å². The number of carbonyl (C=O) groups excluding carboxylic acids is 1. The molecule has 0 saturated carbocycles. The number of esters is 1. The molecule has 0 aliphatic heterocycles. The molecule has 0 fully saturated rings. The summed E-state index contributed by atoms with van der Waals surface area (Å²) in [6.45, 7) is 2.41. The summed E-state index contributed by atoms with van der Waals surface area (Å²) in [5.41, 5.74) is 5.75. The van der Waals surface area contributed by atoms with Gasteiger partial charge in [0, 0.05) is 0 Å². The number of hydrogen-bond acceptors (Lipinski definition) is 4. The van der Waals surface area contributed by atoms with Gasteiger partial charge in [0.15, 0.2) is 5.69 Å². The SMILES string of the molecule is CCCCCOC(=O)c1nc(Cl)cc(N)c1Cl. The van der Waals surface area contributed by atoms with E-state index >= 15 is 0 Å². The fourth-order valence-electron chi connectivity index (χ4n) is 1.24. The normalized spacial score (nSPS) is 10.3. The van der Waals surface area contributed by atoms with Gasteiger partial charge in [0.05, 0.1) is 17.3 Å². The molecule has 1 rings (SSSR count). The first-order chi connectivity index (χ1) is 8.06. The number of nitrogen functional groups attached to an aromatic ring is 1. The minimum Gasteiger partial charge on any atom is -0.461 e. The zero-order valence-corrected chi connectivity index (χ0v) is 11.0. The maximum absolute atomic E-state index is 11.6. The van der Waals surface area contributed by atoms with Crippen LogP contribution in [0, 0.1) is 0 Å². The maximum Gasteiger partial charge on any atom is 0.358 e. The molecule has 0 amide bonds. The third-order valence-corrected chi connectivity index (χ3v) is 2.72. The van der Waals surface area contributed by atoms with Crippen LogP contribution in [0.15, 0.2) is 6.07 Å². The van der Waals surface area contributed by atoms with E-state index in [1.807, 2.05) is 0 Å². The van der Waals surface area contributed by atoms with Gasteiger partial charge in [-0.3, -0.25) is 0 Å². The van der Waals surface area contributed by atoms with E-state index in [-0.39, 0.29) is 21.6 Å². The Bertz CT molecular complexity index is 411. The van der Waals surface area contributed by atoms with E-state index in [9.17, 15) is 4.79 Å². The number of carbonyl (C=O) groups is 1. The largest absolute Gasteiger partial charge is 0.461 e. The standard InChI is InChI=1S/C11H14Cl2N2O2/c1-2-3-4-5-17-11(16)10-9(13)7(14)6-8(12)15-10/h6H,2-5H2,1H3,(H2,14,15). The molecule has 0 radical (unpaired) electrons. The van der Waals surface area contributed by atoms with Gasteiger partial charge in [-0.1, -0.05) is 43.0 Å². The summed E-state index contributed by atoms with van der Waals surface area (Å²) in [6.07, 6.45) is 2.88.